The molecule has 0 aliphatic carbocycles. The van der Waals surface area contributed by atoms with E-state index in [1.165, 1.54) is 4.90 Å². The first-order chi connectivity index (χ1) is 9.43. The molecule has 0 bridgehead atoms. The Hall–Kier alpha value is -1.02. The van der Waals surface area contributed by atoms with E-state index >= 15 is 0 Å². The van der Waals surface area contributed by atoms with Crippen molar-refractivity contribution >= 4 is 51.6 Å². The number of hydrogen-bond acceptors (Lipinski definition) is 4. The SMILES string of the molecule is COc1ccc(/C=C2/SC(=O)N(C(C)C)C2=O)cc1I. The predicted molar refractivity (Wildman–Crippen MR) is 88.7 cm³/mol. The van der Waals surface area contributed by atoms with Crippen LogP contribution in [0.25, 0.3) is 6.08 Å². The molecule has 4 nitrogen and oxygen atoms in total. The number of carbonyl (C=O) groups excluding carboxylic acids is 2. The van der Waals surface area contributed by atoms with Gasteiger partial charge in [0.05, 0.1) is 15.6 Å². The van der Waals surface area contributed by atoms with Gasteiger partial charge < -0.3 is 4.74 Å². The highest BCUT2D eigenvalue weighted by atomic mass is 127. The van der Waals surface area contributed by atoms with Crippen molar-refractivity contribution in [3.8, 4) is 5.75 Å². The number of rotatable bonds is 3. The second-order valence-corrected chi connectivity index (χ2v) is 6.69. The third kappa shape index (κ3) is 3.01. The number of amides is 2. The molecular weight excluding hydrogens is 389 g/mol. The van der Waals surface area contributed by atoms with Crippen molar-refractivity contribution in [2.75, 3.05) is 7.11 Å². The number of ether oxygens (including phenoxy) is 1. The van der Waals surface area contributed by atoms with Crippen molar-refractivity contribution < 1.29 is 14.3 Å². The van der Waals surface area contributed by atoms with Gasteiger partial charge in [0.25, 0.3) is 11.1 Å². The van der Waals surface area contributed by atoms with Crippen molar-refractivity contribution in [3.63, 3.8) is 0 Å². The average Bonchev–Trinajstić information content (AvgIpc) is 2.64. The highest BCUT2D eigenvalue weighted by Gasteiger charge is 2.36. The molecule has 0 N–H and O–H groups in total. The monoisotopic (exact) mass is 403 g/mol. The van der Waals surface area contributed by atoms with Crippen LogP contribution in [0, 0.1) is 3.57 Å². The molecule has 1 aromatic carbocycles. The van der Waals surface area contributed by atoms with Crippen LogP contribution in [0.15, 0.2) is 23.1 Å². The van der Waals surface area contributed by atoms with E-state index in [-0.39, 0.29) is 17.2 Å². The molecule has 1 heterocycles. The fraction of sp³-hybridized carbons (Fsp3) is 0.286. The second-order valence-electron chi connectivity index (χ2n) is 4.54. The summed E-state index contributed by atoms with van der Waals surface area (Å²) in [5.41, 5.74) is 0.879. The van der Waals surface area contributed by atoms with Gasteiger partial charge in [-0.2, -0.15) is 0 Å². The summed E-state index contributed by atoms with van der Waals surface area (Å²) in [6.45, 7) is 3.66. The summed E-state index contributed by atoms with van der Waals surface area (Å²) in [5.74, 6) is 0.568. The Labute approximate surface area is 135 Å². The van der Waals surface area contributed by atoms with E-state index in [9.17, 15) is 9.59 Å². The number of imide groups is 1. The van der Waals surface area contributed by atoms with Gasteiger partial charge in [0.2, 0.25) is 0 Å². The minimum Gasteiger partial charge on any atom is -0.496 e. The quantitative estimate of drug-likeness (QED) is 0.570. The molecule has 0 radical (unpaired) electrons. The van der Waals surface area contributed by atoms with Crippen LogP contribution in [0.5, 0.6) is 5.75 Å². The fourth-order valence-electron chi connectivity index (χ4n) is 1.85. The Morgan fingerprint density at radius 1 is 1.35 bits per heavy atom. The van der Waals surface area contributed by atoms with Crippen LogP contribution in [0.3, 0.4) is 0 Å². The van der Waals surface area contributed by atoms with E-state index < -0.39 is 0 Å². The van der Waals surface area contributed by atoms with Gasteiger partial charge in [0, 0.05) is 6.04 Å². The molecule has 1 saturated heterocycles. The topological polar surface area (TPSA) is 46.6 Å². The van der Waals surface area contributed by atoms with Gasteiger partial charge in [0.15, 0.2) is 0 Å². The van der Waals surface area contributed by atoms with Crippen LogP contribution < -0.4 is 4.74 Å². The number of carbonyl (C=O) groups is 2. The smallest absolute Gasteiger partial charge is 0.293 e. The Kier molecular flexibility index (Phi) is 4.74. The maximum Gasteiger partial charge on any atom is 0.293 e. The minimum atomic E-state index is -0.221. The third-order valence-electron chi connectivity index (χ3n) is 2.81. The summed E-state index contributed by atoms with van der Waals surface area (Å²) in [6, 6.07) is 5.51. The Bertz CT molecular complexity index is 598. The van der Waals surface area contributed by atoms with Crippen molar-refractivity contribution in [2.24, 2.45) is 0 Å². The van der Waals surface area contributed by atoms with Crippen LogP contribution in [0.1, 0.15) is 19.4 Å². The first-order valence-corrected chi connectivity index (χ1v) is 7.94. The Morgan fingerprint density at radius 2 is 2.05 bits per heavy atom. The molecule has 6 heteroatoms. The molecule has 2 rings (SSSR count). The molecule has 2 amide bonds. The summed E-state index contributed by atoms with van der Waals surface area (Å²) in [7, 11) is 1.62. The van der Waals surface area contributed by atoms with Gasteiger partial charge in [-0.25, -0.2) is 0 Å². The molecule has 106 valence electrons. The Balaban J connectivity index is 2.30. The van der Waals surface area contributed by atoms with Crippen LogP contribution in [0.4, 0.5) is 4.79 Å². The third-order valence-corrected chi connectivity index (χ3v) is 4.54. The molecule has 1 aliphatic heterocycles. The van der Waals surface area contributed by atoms with Gasteiger partial charge in [-0.15, -0.1) is 0 Å². The fourth-order valence-corrected chi connectivity index (χ4v) is 3.57. The zero-order valence-electron chi connectivity index (χ0n) is 11.3. The van der Waals surface area contributed by atoms with Crippen LogP contribution in [-0.2, 0) is 4.79 Å². The maximum absolute atomic E-state index is 12.2. The number of nitrogens with zero attached hydrogens (tertiary/aromatic N) is 1. The first kappa shape index (κ1) is 15.4. The number of thioether (sulfide) groups is 1. The van der Waals surface area contributed by atoms with E-state index in [0.717, 1.165) is 26.6 Å². The summed E-state index contributed by atoms with van der Waals surface area (Å²) in [5, 5.41) is -0.209. The van der Waals surface area contributed by atoms with Crippen molar-refractivity contribution in [1.82, 2.24) is 4.90 Å². The largest absolute Gasteiger partial charge is 0.496 e. The van der Waals surface area contributed by atoms with Crippen molar-refractivity contribution in [3.05, 3.63) is 32.2 Å². The predicted octanol–water partition coefficient (Wildman–Crippen LogP) is 3.74. The number of benzene rings is 1. The molecule has 0 saturated carbocycles. The lowest BCUT2D eigenvalue weighted by molar-refractivity contribution is -0.123. The molecule has 1 fully saturated rings. The Morgan fingerprint density at radius 3 is 2.55 bits per heavy atom. The highest BCUT2D eigenvalue weighted by Crippen LogP contribution is 2.34. The zero-order chi connectivity index (χ0) is 14.9. The molecule has 0 atom stereocenters. The molecule has 1 aliphatic rings. The number of methoxy groups -OCH3 is 1. The van der Waals surface area contributed by atoms with Crippen molar-refractivity contribution in [1.29, 1.82) is 0 Å². The van der Waals surface area contributed by atoms with Crippen LogP contribution >= 0.6 is 34.4 Å². The lowest BCUT2D eigenvalue weighted by Gasteiger charge is -2.16. The zero-order valence-corrected chi connectivity index (χ0v) is 14.3. The van der Waals surface area contributed by atoms with E-state index in [1.54, 1.807) is 13.2 Å². The van der Waals surface area contributed by atoms with Gasteiger partial charge in [-0.05, 0) is 72.0 Å². The standard InChI is InChI=1S/C14H14INO3S/c1-8(2)16-13(17)12(20-14(16)18)7-9-4-5-11(19-3)10(15)6-9/h4-8H,1-3H3/b12-7+. The number of hydrogen-bond donors (Lipinski definition) is 0. The van der Waals surface area contributed by atoms with Gasteiger partial charge in [-0.3, -0.25) is 14.5 Å². The maximum atomic E-state index is 12.2. The van der Waals surface area contributed by atoms with Gasteiger partial charge >= 0.3 is 0 Å². The molecule has 1 aromatic rings. The van der Waals surface area contributed by atoms with Crippen molar-refractivity contribution in [2.45, 2.75) is 19.9 Å². The normalized spacial score (nSPS) is 17.4. The summed E-state index contributed by atoms with van der Waals surface area (Å²) < 4.78 is 6.15. The van der Waals surface area contributed by atoms with Gasteiger partial charge in [-0.1, -0.05) is 6.07 Å². The molecular formula is C14H14INO3S. The van der Waals surface area contributed by atoms with Crippen LogP contribution in [0.2, 0.25) is 0 Å². The van der Waals surface area contributed by atoms with Gasteiger partial charge in [0.1, 0.15) is 5.75 Å². The highest BCUT2D eigenvalue weighted by molar-refractivity contribution is 14.1. The molecule has 0 spiro atoms. The average molecular weight is 403 g/mol. The second kappa shape index (κ2) is 6.17. The van der Waals surface area contributed by atoms with E-state index in [1.807, 2.05) is 32.0 Å². The van der Waals surface area contributed by atoms with E-state index in [4.69, 9.17) is 4.74 Å². The first-order valence-electron chi connectivity index (χ1n) is 6.04. The molecule has 0 aromatic heterocycles. The van der Waals surface area contributed by atoms with E-state index in [0.29, 0.717) is 4.91 Å². The molecule has 0 unspecified atom stereocenters. The minimum absolute atomic E-state index is 0.121. The van der Waals surface area contributed by atoms with E-state index in [2.05, 4.69) is 22.6 Å². The summed E-state index contributed by atoms with van der Waals surface area (Å²) >= 11 is 3.16. The summed E-state index contributed by atoms with van der Waals surface area (Å²) in [6.07, 6.45) is 1.74. The number of halogens is 1. The summed E-state index contributed by atoms with van der Waals surface area (Å²) in [4.78, 5) is 25.7. The lowest BCUT2D eigenvalue weighted by Crippen LogP contribution is -2.34. The van der Waals surface area contributed by atoms with Crippen LogP contribution in [-0.4, -0.2) is 29.2 Å². The lowest BCUT2D eigenvalue weighted by atomic mass is 10.2. The molecule has 20 heavy (non-hydrogen) atoms.